The summed E-state index contributed by atoms with van der Waals surface area (Å²) in [7, 11) is 0. The predicted molar refractivity (Wildman–Crippen MR) is 61.0 cm³/mol. The van der Waals surface area contributed by atoms with Gasteiger partial charge in [0.05, 0.1) is 6.54 Å². The lowest BCUT2D eigenvalue weighted by Crippen LogP contribution is -2.28. The molecule has 0 saturated heterocycles. The van der Waals surface area contributed by atoms with Gasteiger partial charge in [0.1, 0.15) is 18.1 Å². The molecule has 0 aliphatic rings. The van der Waals surface area contributed by atoms with Crippen LogP contribution in [0.25, 0.3) is 0 Å². The van der Waals surface area contributed by atoms with E-state index in [-0.39, 0.29) is 6.61 Å². The molecule has 6 heteroatoms. The van der Waals surface area contributed by atoms with Crippen LogP contribution in [0.2, 0.25) is 0 Å². The molecule has 0 aromatic carbocycles. The van der Waals surface area contributed by atoms with Crippen LogP contribution in [0, 0.1) is 0 Å². The van der Waals surface area contributed by atoms with Gasteiger partial charge in [-0.2, -0.15) is 13.2 Å². The van der Waals surface area contributed by atoms with E-state index in [4.69, 9.17) is 9.15 Å². The molecule has 0 radical (unpaired) electrons. The standard InChI is InChI=1S/C12H18F3NO2/c1-8(2)16-6-10-4-5-11(18-10)7-17-9(3)12(13,14)15/h4-5,8-9,16H,6-7H2,1-3H3. The smallest absolute Gasteiger partial charge is 0.414 e. The van der Waals surface area contributed by atoms with Crippen molar-refractivity contribution in [3.63, 3.8) is 0 Å². The largest absolute Gasteiger partial charge is 0.462 e. The van der Waals surface area contributed by atoms with Gasteiger partial charge in [-0.15, -0.1) is 0 Å². The summed E-state index contributed by atoms with van der Waals surface area (Å²) in [4.78, 5) is 0. The Morgan fingerprint density at radius 1 is 1.22 bits per heavy atom. The quantitative estimate of drug-likeness (QED) is 0.857. The predicted octanol–water partition coefficient (Wildman–Crippen LogP) is 3.25. The fraction of sp³-hybridized carbons (Fsp3) is 0.667. The van der Waals surface area contributed by atoms with E-state index in [1.807, 2.05) is 13.8 Å². The maximum absolute atomic E-state index is 12.2. The molecule has 1 N–H and O–H groups in total. The molecule has 0 amide bonds. The molecule has 1 heterocycles. The molecule has 3 nitrogen and oxygen atoms in total. The third kappa shape index (κ3) is 5.10. The highest BCUT2D eigenvalue weighted by Gasteiger charge is 2.36. The van der Waals surface area contributed by atoms with Gasteiger partial charge < -0.3 is 14.5 Å². The molecule has 0 spiro atoms. The zero-order chi connectivity index (χ0) is 13.8. The Hall–Kier alpha value is -1.01. The molecule has 0 aliphatic carbocycles. The number of rotatable bonds is 6. The van der Waals surface area contributed by atoms with Gasteiger partial charge in [0.15, 0.2) is 6.10 Å². The molecule has 0 aliphatic heterocycles. The Bertz CT molecular complexity index is 360. The molecular formula is C12H18F3NO2. The van der Waals surface area contributed by atoms with E-state index in [9.17, 15) is 13.2 Å². The first-order chi connectivity index (χ1) is 8.29. The van der Waals surface area contributed by atoms with Gasteiger partial charge in [-0.25, -0.2) is 0 Å². The fourth-order valence-corrected chi connectivity index (χ4v) is 1.20. The number of hydrogen-bond donors (Lipinski definition) is 1. The van der Waals surface area contributed by atoms with E-state index in [0.29, 0.717) is 24.1 Å². The summed E-state index contributed by atoms with van der Waals surface area (Å²) in [6, 6.07) is 3.67. The molecule has 104 valence electrons. The van der Waals surface area contributed by atoms with E-state index >= 15 is 0 Å². The zero-order valence-corrected chi connectivity index (χ0v) is 10.7. The van der Waals surface area contributed by atoms with Gasteiger partial charge in [0.2, 0.25) is 0 Å². The van der Waals surface area contributed by atoms with Gasteiger partial charge in [0.25, 0.3) is 0 Å². The summed E-state index contributed by atoms with van der Waals surface area (Å²) in [6.45, 7) is 5.34. The normalized spacial score (nSPS) is 14.2. The number of nitrogens with one attached hydrogen (secondary N) is 1. The van der Waals surface area contributed by atoms with Gasteiger partial charge in [-0.05, 0) is 19.1 Å². The second kappa shape index (κ2) is 6.24. The van der Waals surface area contributed by atoms with Gasteiger partial charge in [-0.1, -0.05) is 13.8 Å². The highest BCUT2D eigenvalue weighted by molar-refractivity contribution is 5.06. The molecule has 1 atom stereocenters. The Kier molecular flexibility index (Phi) is 5.22. The summed E-state index contributed by atoms with van der Waals surface area (Å²) < 4.78 is 46.6. The van der Waals surface area contributed by atoms with Crippen molar-refractivity contribution in [2.24, 2.45) is 0 Å². The van der Waals surface area contributed by atoms with Crippen LogP contribution >= 0.6 is 0 Å². The van der Waals surface area contributed by atoms with Crippen molar-refractivity contribution in [2.45, 2.75) is 52.2 Å². The molecule has 1 rings (SSSR count). The molecule has 1 aromatic heterocycles. The van der Waals surface area contributed by atoms with Gasteiger partial charge >= 0.3 is 6.18 Å². The summed E-state index contributed by atoms with van der Waals surface area (Å²) >= 11 is 0. The minimum atomic E-state index is -4.34. The highest BCUT2D eigenvalue weighted by atomic mass is 19.4. The topological polar surface area (TPSA) is 34.4 Å². The Labute approximate surface area is 104 Å². The lowest BCUT2D eigenvalue weighted by molar-refractivity contribution is -0.218. The number of furan rings is 1. The number of hydrogen-bond acceptors (Lipinski definition) is 3. The van der Waals surface area contributed by atoms with Crippen LogP contribution in [0.1, 0.15) is 32.3 Å². The maximum Gasteiger partial charge on any atom is 0.414 e. The molecule has 1 unspecified atom stereocenters. The van der Waals surface area contributed by atoms with Crippen molar-refractivity contribution < 1.29 is 22.3 Å². The third-order valence-electron chi connectivity index (χ3n) is 2.34. The minimum absolute atomic E-state index is 0.178. The summed E-state index contributed by atoms with van der Waals surface area (Å²) in [5.74, 6) is 1.08. The van der Waals surface area contributed by atoms with E-state index < -0.39 is 12.3 Å². The second-order valence-electron chi connectivity index (χ2n) is 4.40. The monoisotopic (exact) mass is 265 g/mol. The summed E-state index contributed by atoms with van der Waals surface area (Å²) in [5, 5.41) is 3.15. The number of alkyl halides is 3. The second-order valence-corrected chi connectivity index (χ2v) is 4.40. The fourth-order valence-electron chi connectivity index (χ4n) is 1.20. The van der Waals surface area contributed by atoms with E-state index in [1.165, 1.54) is 0 Å². The van der Waals surface area contributed by atoms with Crippen molar-refractivity contribution in [1.82, 2.24) is 5.32 Å². The zero-order valence-electron chi connectivity index (χ0n) is 10.7. The molecule has 0 fully saturated rings. The van der Waals surface area contributed by atoms with Crippen LogP contribution in [-0.2, 0) is 17.9 Å². The van der Waals surface area contributed by atoms with E-state index in [2.05, 4.69) is 5.32 Å². The number of halogens is 3. The average Bonchev–Trinajstić information content (AvgIpc) is 2.69. The Morgan fingerprint density at radius 2 is 1.83 bits per heavy atom. The summed E-state index contributed by atoms with van der Waals surface area (Å²) in [6.07, 6.45) is -6.13. The third-order valence-corrected chi connectivity index (χ3v) is 2.34. The van der Waals surface area contributed by atoms with Gasteiger partial charge in [0, 0.05) is 6.04 Å². The molecular weight excluding hydrogens is 247 g/mol. The van der Waals surface area contributed by atoms with Crippen molar-refractivity contribution >= 4 is 0 Å². The van der Waals surface area contributed by atoms with Gasteiger partial charge in [-0.3, -0.25) is 0 Å². The minimum Gasteiger partial charge on any atom is -0.462 e. The molecule has 18 heavy (non-hydrogen) atoms. The first-order valence-electron chi connectivity index (χ1n) is 5.78. The maximum atomic E-state index is 12.2. The van der Waals surface area contributed by atoms with Crippen molar-refractivity contribution in [3.05, 3.63) is 23.7 Å². The van der Waals surface area contributed by atoms with Crippen LogP contribution in [0.15, 0.2) is 16.5 Å². The van der Waals surface area contributed by atoms with Crippen molar-refractivity contribution in [3.8, 4) is 0 Å². The van der Waals surface area contributed by atoms with Crippen molar-refractivity contribution in [2.75, 3.05) is 0 Å². The van der Waals surface area contributed by atoms with Crippen molar-refractivity contribution in [1.29, 1.82) is 0 Å². The SMILES string of the molecule is CC(C)NCc1ccc(COC(C)C(F)(F)F)o1. The molecule has 0 bridgehead atoms. The average molecular weight is 265 g/mol. The first-order valence-corrected chi connectivity index (χ1v) is 5.78. The molecule has 0 saturated carbocycles. The van der Waals surface area contributed by atoms with Crippen LogP contribution < -0.4 is 5.32 Å². The summed E-state index contributed by atoms with van der Waals surface area (Å²) in [5.41, 5.74) is 0. The van der Waals surface area contributed by atoms with Crippen LogP contribution in [0.4, 0.5) is 13.2 Å². The lowest BCUT2D eigenvalue weighted by atomic mass is 10.3. The first kappa shape index (κ1) is 15.0. The lowest BCUT2D eigenvalue weighted by Gasteiger charge is -2.15. The Morgan fingerprint density at radius 3 is 2.39 bits per heavy atom. The van der Waals surface area contributed by atoms with Crippen LogP contribution in [-0.4, -0.2) is 18.3 Å². The molecule has 1 aromatic rings. The van der Waals surface area contributed by atoms with Crippen LogP contribution in [0.3, 0.4) is 0 Å². The van der Waals surface area contributed by atoms with E-state index in [0.717, 1.165) is 6.92 Å². The Balaban J connectivity index is 2.40. The number of ether oxygens (including phenoxy) is 1. The van der Waals surface area contributed by atoms with E-state index in [1.54, 1.807) is 12.1 Å². The van der Waals surface area contributed by atoms with Crippen LogP contribution in [0.5, 0.6) is 0 Å². The highest BCUT2D eigenvalue weighted by Crippen LogP contribution is 2.23.